The number of methoxy groups -OCH3 is 1. The fraction of sp³-hybridized carbons (Fsp3) is 0.471. The van der Waals surface area contributed by atoms with Crippen molar-refractivity contribution in [1.29, 1.82) is 0 Å². The van der Waals surface area contributed by atoms with Crippen LogP contribution in [0.3, 0.4) is 0 Å². The van der Waals surface area contributed by atoms with Crippen molar-refractivity contribution < 1.29 is 9.53 Å². The molecule has 110 valence electrons. The van der Waals surface area contributed by atoms with Gasteiger partial charge in [-0.05, 0) is 24.0 Å². The van der Waals surface area contributed by atoms with Gasteiger partial charge in [0.2, 0.25) is 0 Å². The van der Waals surface area contributed by atoms with Crippen LogP contribution in [0, 0.1) is 5.92 Å². The second-order valence-corrected chi connectivity index (χ2v) is 6.36. The van der Waals surface area contributed by atoms with Crippen LogP contribution < -0.4 is 0 Å². The maximum atomic E-state index is 12.3. The molecule has 1 N–H and O–H groups in total. The van der Waals surface area contributed by atoms with E-state index in [2.05, 4.69) is 37.0 Å². The highest BCUT2D eigenvalue weighted by Gasteiger charge is 2.65. The Morgan fingerprint density at radius 3 is 2.86 bits per heavy atom. The molecule has 0 radical (unpaired) electrons. The van der Waals surface area contributed by atoms with Gasteiger partial charge in [-0.1, -0.05) is 32.0 Å². The van der Waals surface area contributed by atoms with Crippen LogP contribution in [0.25, 0.3) is 10.9 Å². The molecule has 4 rings (SSSR count). The third-order valence-electron chi connectivity index (χ3n) is 5.25. The van der Waals surface area contributed by atoms with Crippen LogP contribution in [0.2, 0.25) is 0 Å². The number of hydrogen-bond donors (Lipinski definition) is 1. The molecule has 1 amide bonds. The molecule has 2 aliphatic rings. The summed E-state index contributed by atoms with van der Waals surface area (Å²) >= 11 is 0. The first kappa shape index (κ1) is 12.9. The van der Waals surface area contributed by atoms with E-state index < -0.39 is 0 Å². The molecule has 0 unspecified atom stereocenters. The summed E-state index contributed by atoms with van der Waals surface area (Å²) in [5.74, 6) is 0.419. The first-order valence-electron chi connectivity index (χ1n) is 7.56. The van der Waals surface area contributed by atoms with Gasteiger partial charge >= 0.3 is 0 Å². The second kappa shape index (κ2) is 4.10. The zero-order valence-electron chi connectivity index (χ0n) is 12.6. The molecule has 21 heavy (non-hydrogen) atoms. The molecule has 1 fully saturated rings. The molecule has 1 saturated heterocycles. The number of hydrogen-bond acceptors (Lipinski definition) is 2. The lowest BCUT2D eigenvalue weighted by atomic mass is 9.66. The topological polar surface area (TPSA) is 45.3 Å². The molecule has 2 aromatic rings. The Balaban J connectivity index is 2.01. The fourth-order valence-electron chi connectivity index (χ4n) is 4.36. The molecule has 1 aromatic carbocycles. The molecular weight excluding hydrogens is 264 g/mol. The number of nitrogens with one attached hydrogen (secondary N) is 1. The standard InChI is InChI=1S/C17H20N2O2/c1-10(2)17-14-12(11-6-4-5-7-13(11)18-14)8-9-19(17)16(20)15(17)21-3/h4-7,10,15,18H,8-9H2,1-3H3/t15-,17+/m1/s1. The summed E-state index contributed by atoms with van der Waals surface area (Å²) in [6.07, 6.45) is 0.542. The highest BCUT2D eigenvalue weighted by atomic mass is 16.5. The number of β-lactam (4-membered cyclic amide) rings is 1. The maximum Gasteiger partial charge on any atom is 0.255 e. The van der Waals surface area contributed by atoms with Crippen LogP contribution in [-0.4, -0.2) is 35.5 Å². The van der Waals surface area contributed by atoms with Crippen LogP contribution in [0.15, 0.2) is 24.3 Å². The van der Waals surface area contributed by atoms with E-state index in [1.165, 1.54) is 16.6 Å². The number of nitrogens with zero attached hydrogens (tertiary/aromatic N) is 1. The zero-order chi connectivity index (χ0) is 14.8. The van der Waals surface area contributed by atoms with Crippen LogP contribution in [0.4, 0.5) is 0 Å². The van der Waals surface area contributed by atoms with Gasteiger partial charge in [-0.25, -0.2) is 0 Å². The van der Waals surface area contributed by atoms with Gasteiger partial charge in [0.05, 0.1) is 0 Å². The molecule has 0 aliphatic carbocycles. The summed E-state index contributed by atoms with van der Waals surface area (Å²) in [6, 6.07) is 8.39. The quantitative estimate of drug-likeness (QED) is 0.861. The predicted octanol–water partition coefficient (Wildman–Crippen LogP) is 2.43. The summed E-state index contributed by atoms with van der Waals surface area (Å²) in [4.78, 5) is 17.9. The van der Waals surface area contributed by atoms with E-state index in [-0.39, 0.29) is 17.6 Å². The van der Waals surface area contributed by atoms with E-state index in [1.807, 2.05) is 11.0 Å². The van der Waals surface area contributed by atoms with Gasteiger partial charge in [-0.2, -0.15) is 0 Å². The number of carbonyl (C=O) groups excluding carboxylic acids is 1. The minimum atomic E-state index is -0.371. The van der Waals surface area contributed by atoms with E-state index in [4.69, 9.17) is 4.74 Å². The zero-order valence-corrected chi connectivity index (χ0v) is 12.6. The third-order valence-corrected chi connectivity index (χ3v) is 5.25. The number of rotatable bonds is 2. The van der Waals surface area contributed by atoms with Crippen molar-refractivity contribution in [2.75, 3.05) is 13.7 Å². The van der Waals surface area contributed by atoms with Crippen LogP contribution in [0.1, 0.15) is 25.1 Å². The van der Waals surface area contributed by atoms with Crippen molar-refractivity contribution >= 4 is 16.8 Å². The van der Waals surface area contributed by atoms with Gasteiger partial charge < -0.3 is 14.6 Å². The SMILES string of the molecule is CO[C@@H]1C(=O)N2CCc3c([nH]c4ccccc34)[C@@]12C(C)C. The van der Waals surface area contributed by atoms with Crippen molar-refractivity contribution in [2.45, 2.75) is 31.9 Å². The first-order valence-corrected chi connectivity index (χ1v) is 7.56. The van der Waals surface area contributed by atoms with Gasteiger partial charge in [0.1, 0.15) is 5.54 Å². The van der Waals surface area contributed by atoms with E-state index in [1.54, 1.807) is 7.11 Å². The Morgan fingerprint density at radius 1 is 1.38 bits per heavy atom. The lowest BCUT2D eigenvalue weighted by Gasteiger charge is -2.60. The molecule has 0 bridgehead atoms. The normalized spacial score (nSPS) is 27.7. The van der Waals surface area contributed by atoms with E-state index in [9.17, 15) is 4.79 Å². The van der Waals surface area contributed by atoms with Crippen molar-refractivity contribution in [2.24, 2.45) is 5.92 Å². The maximum absolute atomic E-state index is 12.3. The number of para-hydroxylation sites is 1. The van der Waals surface area contributed by atoms with E-state index in [0.717, 1.165) is 18.5 Å². The molecule has 4 nitrogen and oxygen atoms in total. The molecule has 2 aliphatic heterocycles. The lowest BCUT2D eigenvalue weighted by molar-refractivity contribution is -0.205. The number of fused-ring (bicyclic) bond motifs is 5. The summed E-state index contributed by atoms with van der Waals surface area (Å²) in [7, 11) is 1.64. The van der Waals surface area contributed by atoms with Gasteiger partial charge in [-0.3, -0.25) is 4.79 Å². The summed E-state index contributed by atoms with van der Waals surface area (Å²) < 4.78 is 5.57. The average molecular weight is 284 g/mol. The molecule has 0 saturated carbocycles. The Hall–Kier alpha value is -1.81. The van der Waals surface area contributed by atoms with Crippen LogP contribution in [-0.2, 0) is 21.5 Å². The largest absolute Gasteiger partial charge is 0.369 e. The number of amides is 1. The summed E-state index contributed by atoms with van der Waals surface area (Å²) in [5.41, 5.74) is 3.35. The molecular formula is C17H20N2O2. The molecule has 4 heteroatoms. The molecule has 2 atom stereocenters. The van der Waals surface area contributed by atoms with Crippen molar-refractivity contribution in [1.82, 2.24) is 9.88 Å². The number of benzene rings is 1. The van der Waals surface area contributed by atoms with Crippen molar-refractivity contribution in [3.8, 4) is 0 Å². The predicted molar refractivity (Wildman–Crippen MR) is 81.0 cm³/mol. The Morgan fingerprint density at radius 2 is 2.14 bits per heavy atom. The Bertz CT molecular complexity index is 733. The fourth-order valence-corrected chi connectivity index (χ4v) is 4.36. The Kier molecular flexibility index (Phi) is 2.52. The monoisotopic (exact) mass is 284 g/mol. The van der Waals surface area contributed by atoms with Crippen LogP contribution in [0.5, 0.6) is 0 Å². The lowest BCUT2D eigenvalue weighted by Crippen LogP contribution is -2.76. The summed E-state index contributed by atoms with van der Waals surface area (Å²) in [5, 5.41) is 1.28. The highest BCUT2D eigenvalue weighted by molar-refractivity contribution is 5.94. The number of carbonyl (C=O) groups is 1. The van der Waals surface area contributed by atoms with Gasteiger partial charge in [0.25, 0.3) is 5.91 Å². The average Bonchev–Trinajstić information content (AvgIpc) is 2.84. The van der Waals surface area contributed by atoms with Gasteiger partial charge in [0, 0.05) is 30.3 Å². The highest BCUT2D eigenvalue weighted by Crippen LogP contribution is 2.52. The van der Waals surface area contributed by atoms with Gasteiger partial charge in [-0.15, -0.1) is 0 Å². The Labute approximate surface area is 124 Å². The van der Waals surface area contributed by atoms with E-state index in [0.29, 0.717) is 5.92 Å². The first-order chi connectivity index (χ1) is 10.1. The molecule has 1 aromatic heterocycles. The van der Waals surface area contributed by atoms with Crippen LogP contribution >= 0.6 is 0 Å². The second-order valence-electron chi connectivity index (χ2n) is 6.36. The van der Waals surface area contributed by atoms with Gasteiger partial charge in [0.15, 0.2) is 6.10 Å². The number of aromatic amines is 1. The number of ether oxygens (including phenoxy) is 1. The summed E-state index contributed by atoms with van der Waals surface area (Å²) in [6.45, 7) is 5.13. The molecule has 3 heterocycles. The van der Waals surface area contributed by atoms with Crippen molar-refractivity contribution in [3.05, 3.63) is 35.5 Å². The molecule has 0 spiro atoms. The minimum absolute atomic E-state index is 0.121. The minimum Gasteiger partial charge on any atom is -0.369 e. The number of H-pyrrole nitrogens is 1. The smallest absolute Gasteiger partial charge is 0.255 e. The van der Waals surface area contributed by atoms with Crippen molar-refractivity contribution in [3.63, 3.8) is 0 Å². The third kappa shape index (κ3) is 1.32. The number of aromatic nitrogens is 1. The van der Waals surface area contributed by atoms with E-state index >= 15 is 0 Å².